The van der Waals surface area contributed by atoms with E-state index < -0.39 is 34.7 Å². The summed E-state index contributed by atoms with van der Waals surface area (Å²) < 4.78 is 5.11. The Bertz CT molecular complexity index is 984. The molecule has 9 heteroatoms. The number of amides is 3. The Labute approximate surface area is 165 Å². The third-order valence-corrected chi connectivity index (χ3v) is 5.25. The average molecular weight is 395 g/mol. The molecule has 2 atom stereocenters. The van der Waals surface area contributed by atoms with Crippen LogP contribution < -0.4 is 9.64 Å². The van der Waals surface area contributed by atoms with Gasteiger partial charge in [0.25, 0.3) is 17.7 Å². The van der Waals surface area contributed by atoms with Gasteiger partial charge in [0.2, 0.25) is 6.54 Å². The summed E-state index contributed by atoms with van der Waals surface area (Å²) in [5.74, 6) is -0.952. The van der Waals surface area contributed by atoms with Crippen LogP contribution >= 0.6 is 0 Å². The number of nitrogens with zero attached hydrogens (tertiary/aromatic N) is 3. The number of hydrogen-bond acceptors (Lipinski definition) is 6. The van der Waals surface area contributed by atoms with Crippen molar-refractivity contribution in [1.29, 1.82) is 0 Å². The van der Waals surface area contributed by atoms with E-state index in [9.17, 15) is 24.5 Å². The van der Waals surface area contributed by atoms with Crippen LogP contribution in [-0.2, 0) is 4.79 Å². The number of rotatable bonds is 6. The molecular weight excluding hydrogens is 378 g/mol. The van der Waals surface area contributed by atoms with E-state index in [0.29, 0.717) is 11.4 Å². The highest BCUT2D eigenvalue weighted by molar-refractivity contribution is 6.24. The van der Waals surface area contributed by atoms with E-state index in [0.717, 1.165) is 4.90 Å². The number of ether oxygens (including phenoxy) is 1. The summed E-state index contributed by atoms with van der Waals surface area (Å²) >= 11 is 0. The molecule has 29 heavy (non-hydrogen) atoms. The zero-order valence-electron chi connectivity index (χ0n) is 15.5. The fourth-order valence-electron chi connectivity index (χ4n) is 3.86. The Morgan fingerprint density at radius 3 is 2.07 bits per heavy atom. The molecule has 0 N–H and O–H groups in total. The molecule has 148 valence electrons. The van der Waals surface area contributed by atoms with Gasteiger partial charge in [-0.05, 0) is 36.4 Å². The fourth-order valence-corrected chi connectivity index (χ4v) is 3.86. The van der Waals surface area contributed by atoms with Crippen molar-refractivity contribution in [3.8, 4) is 5.75 Å². The largest absolute Gasteiger partial charge is 0.497 e. The number of β-lactam (4-membered cyclic amide) rings is 1. The number of carbonyl (C=O) groups excluding carboxylic acids is 3. The van der Waals surface area contributed by atoms with E-state index in [1.54, 1.807) is 36.4 Å². The highest BCUT2D eigenvalue weighted by atomic mass is 16.6. The van der Waals surface area contributed by atoms with Crippen molar-refractivity contribution < 1.29 is 24.0 Å². The number of hydrogen-bond donors (Lipinski definition) is 0. The molecule has 2 heterocycles. The Hall–Kier alpha value is -3.75. The number of benzene rings is 2. The molecule has 9 nitrogen and oxygen atoms in total. The summed E-state index contributed by atoms with van der Waals surface area (Å²) in [5, 5.41) is 10.9. The molecule has 4 rings (SSSR count). The van der Waals surface area contributed by atoms with E-state index in [2.05, 4.69) is 0 Å². The molecule has 0 unspecified atom stereocenters. The monoisotopic (exact) mass is 395 g/mol. The molecule has 0 aromatic heterocycles. The smallest absolute Gasteiger partial charge is 0.262 e. The van der Waals surface area contributed by atoms with Crippen LogP contribution in [0.3, 0.4) is 0 Å². The van der Waals surface area contributed by atoms with Crippen LogP contribution in [0, 0.1) is 10.1 Å². The SMILES string of the molecule is COc1ccc(N2C(=O)[C@@H](N3C(=O)c4ccccc4C3=O)[C@H]2CC[N+](=O)[O-])cc1. The maximum Gasteiger partial charge on any atom is 0.262 e. The van der Waals surface area contributed by atoms with Gasteiger partial charge >= 0.3 is 0 Å². The lowest BCUT2D eigenvalue weighted by Crippen LogP contribution is -2.72. The van der Waals surface area contributed by atoms with E-state index in [4.69, 9.17) is 4.74 Å². The first-order valence-corrected chi connectivity index (χ1v) is 9.00. The number of nitro groups is 1. The van der Waals surface area contributed by atoms with Crippen LogP contribution in [-0.4, -0.2) is 53.3 Å². The van der Waals surface area contributed by atoms with Crippen LogP contribution in [0.4, 0.5) is 5.69 Å². The predicted molar refractivity (Wildman–Crippen MR) is 101 cm³/mol. The highest BCUT2D eigenvalue weighted by Crippen LogP contribution is 2.37. The van der Waals surface area contributed by atoms with E-state index in [-0.39, 0.29) is 24.1 Å². The zero-order chi connectivity index (χ0) is 20.7. The van der Waals surface area contributed by atoms with Gasteiger partial charge in [0.15, 0.2) is 0 Å². The van der Waals surface area contributed by atoms with Gasteiger partial charge in [0.05, 0.1) is 24.3 Å². The van der Waals surface area contributed by atoms with Crippen molar-refractivity contribution in [3.63, 3.8) is 0 Å². The average Bonchev–Trinajstić information content (AvgIpc) is 2.97. The molecule has 0 aliphatic carbocycles. The summed E-state index contributed by atoms with van der Waals surface area (Å²) in [5.41, 5.74) is 0.999. The summed E-state index contributed by atoms with van der Waals surface area (Å²) in [6.07, 6.45) is 0.0167. The quantitative estimate of drug-likeness (QED) is 0.319. The van der Waals surface area contributed by atoms with Gasteiger partial charge in [-0.1, -0.05) is 12.1 Å². The van der Waals surface area contributed by atoms with Crippen molar-refractivity contribution in [2.24, 2.45) is 0 Å². The molecule has 2 aromatic rings. The van der Waals surface area contributed by atoms with E-state index >= 15 is 0 Å². The molecule has 1 saturated heterocycles. The lowest BCUT2D eigenvalue weighted by Gasteiger charge is -2.49. The zero-order valence-corrected chi connectivity index (χ0v) is 15.5. The molecule has 0 radical (unpaired) electrons. The van der Waals surface area contributed by atoms with Crippen LogP contribution in [0.1, 0.15) is 27.1 Å². The highest BCUT2D eigenvalue weighted by Gasteiger charge is 2.56. The summed E-state index contributed by atoms with van der Waals surface area (Å²) in [4.78, 5) is 51.3. The maximum absolute atomic E-state index is 13.0. The summed E-state index contributed by atoms with van der Waals surface area (Å²) in [6, 6.07) is 11.3. The normalized spacial score (nSPS) is 20.5. The Morgan fingerprint density at radius 2 is 1.55 bits per heavy atom. The number of methoxy groups -OCH3 is 1. The van der Waals surface area contributed by atoms with Crippen molar-refractivity contribution in [3.05, 3.63) is 69.8 Å². The van der Waals surface area contributed by atoms with Crippen molar-refractivity contribution in [2.45, 2.75) is 18.5 Å². The van der Waals surface area contributed by atoms with Gasteiger partial charge < -0.3 is 9.64 Å². The molecular formula is C20H17N3O6. The molecule has 0 saturated carbocycles. The number of carbonyl (C=O) groups is 3. The first-order chi connectivity index (χ1) is 13.9. The van der Waals surface area contributed by atoms with E-state index in [1.807, 2.05) is 0 Å². The standard InChI is InChI=1S/C20H17N3O6/c1-29-13-8-6-12(7-9-13)22-16(10-11-21(27)28)17(20(22)26)23-18(24)14-4-2-3-5-15(14)19(23)25/h2-9,16-17H,10-11H2,1H3/t16-,17+/m1/s1. The molecule has 2 aliphatic heterocycles. The van der Waals surface area contributed by atoms with Gasteiger partial charge in [-0.3, -0.25) is 29.4 Å². The van der Waals surface area contributed by atoms with Crippen LogP contribution in [0.15, 0.2) is 48.5 Å². The molecule has 2 aliphatic rings. The predicted octanol–water partition coefficient (Wildman–Crippen LogP) is 1.74. The number of imide groups is 1. The van der Waals surface area contributed by atoms with Gasteiger partial charge in [-0.15, -0.1) is 0 Å². The van der Waals surface area contributed by atoms with Crippen LogP contribution in [0.25, 0.3) is 0 Å². The van der Waals surface area contributed by atoms with E-state index in [1.165, 1.54) is 24.1 Å². The third kappa shape index (κ3) is 2.91. The van der Waals surface area contributed by atoms with Crippen LogP contribution in [0.5, 0.6) is 5.75 Å². The molecule has 0 spiro atoms. The minimum Gasteiger partial charge on any atom is -0.497 e. The third-order valence-electron chi connectivity index (χ3n) is 5.25. The first-order valence-electron chi connectivity index (χ1n) is 9.00. The summed E-state index contributed by atoms with van der Waals surface area (Å²) in [6.45, 7) is -0.385. The van der Waals surface area contributed by atoms with Gasteiger partial charge in [0, 0.05) is 17.0 Å². The lowest BCUT2D eigenvalue weighted by atomic mass is 9.89. The van der Waals surface area contributed by atoms with Crippen molar-refractivity contribution in [2.75, 3.05) is 18.6 Å². The fraction of sp³-hybridized carbons (Fsp3) is 0.250. The molecule has 1 fully saturated rings. The second-order valence-corrected chi connectivity index (χ2v) is 6.79. The van der Waals surface area contributed by atoms with Crippen molar-refractivity contribution >= 4 is 23.4 Å². The molecule has 0 bridgehead atoms. The Morgan fingerprint density at radius 1 is 0.966 bits per heavy atom. The second-order valence-electron chi connectivity index (χ2n) is 6.79. The summed E-state index contributed by atoms with van der Waals surface area (Å²) in [7, 11) is 1.52. The van der Waals surface area contributed by atoms with Gasteiger partial charge in [0.1, 0.15) is 11.8 Å². The minimum atomic E-state index is -1.07. The Kier molecular flexibility index (Phi) is 4.50. The maximum atomic E-state index is 13.0. The van der Waals surface area contributed by atoms with Gasteiger partial charge in [-0.25, -0.2) is 0 Å². The van der Waals surface area contributed by atoms with Gasteiger partial charge in [-0.2, -0.15) is 0 Å². The second kappa shape index (κ2) is 7.01. The van der Waals surface area contributed by atoms with Crippen molar-refractivity contribution in [1.82, 2.24) is 4.90 Å². The minimum absolute atomic E-state index is 0.0167. The topological polar surface area (TPSA) is 110 Å². The first kappa shape index (κ1) is 18.6. The number of anilines is 1. The molecule has 3 amide bonds. The molecule has 2 aromatic carbocycles. The van der Waals surface area contributed by atoms with Crippen LogP contribution in [0.2, 0.25) is 0 Å². The number of fused-ring (bicyclic) bond motifs is 1. The Balaban J connectivity index is 1.66. The lowest BCUT2D eigenvalue weighted by molar-refractivity contribution is -0.481.